The first-order chi connectivity index (χ1) is 15.6. The fourth-order valence-corrected chi connectivity index (χ4v) is 3.45. The molecule has 6 nitrogen and oxygen atoms in total. The predicted octanol–water partition coefficient (Wildman–Crippen LogP) is 5.63. The molecule has 0 saturated carbocycles. The number of alkyl halides is 3. The zero-order chi connectivity index (χ0) is 24.2. The lowest BCUT2D eigenvalue weighted by atomic mass is 10.1. The van der Waals surface area contributed by atoms with Crippen LogP contribution in [0.15, 0.2) is 72.8 Å². The third kappa shape index (κ3) is 5.40. The molecule has 174 valence electrons. The van der Waals surface area contributed by atoms with E-state index >= 15 is 0 Å². The van der Waals surface area contributed by atoms with E-state index in [1.807, 2.05) is 30.3 Å². The van der Waals surface area contributed by atoms with E-state index in [9.17, 15) is 26.7 Å². The number of halogens is 3. The standard InChI is InChI=1S/C12H9F3O4S.C11H10O2/c1-18-9-6-8-4-2-3-5-10(8)11(7-9)19-20(16,17)12(13,14)15;1-13-9-6-8-4-2-3-5-10(8)11(12)7-9/h2-7H,1H3;2-7,12H,1H3. The first-order valence-electron chi connectivity index (χ1n) is 9.39. The molecule has 10 heteroatoms. The van der Waals surface area contributed by atoms with E-state index < -0.39 is 21.4 Å². The molecule has 0 aliphatic heterocycles. The summed E-state index contributed by atoms with van der Waals surface area (Å²) in [4.78, 5) is 0. The maximum atomic E-state index is 12.4. The minimum atomic E-state index is -5.72. The van der Waals surface area contributed by atoms with Crippen LogP contribution in [-0.4, -0.2) is 33.3 Å². The molecule has 1 N–H and O–H groups in total. The Morgan fingerprint density at radius 1 is 0.758 bits per heavy atom. The Bertz CT molecular complexity index is 1380. The Morgan fingerprint density at radius 2 is 1.24 bits per heavy atom. The van der Waals surface area contributed by atoms with Crippen LogP contribution in [0.2, 0.25) is 0 Å². The Labute approximate surface area is 187 Å². The fraction of sp³-hybridized carbons (Fsp3) is 0.130. The quantitative estimate of drug-likeness (QED) is 0.301. The van der Waals surface area contributed by atoms with E-state index in [0.717, 1.165) is 16.8 Å². The van der Waals surface area contributed by atoms with Gasteiger partial charge in [0.15, 0.2) is 5.75 Å². The van der Waals surface area contributed by atoms with Gasteiger partial charge in [-0.3, -0.25) is 0 Å². The second kappa shape index (κ2) is 9.45. The maximum absolute atomic E-state index is 12.4. The monoisotopic (exact) mass is 480 g/mol. The van der Waals surface area contributed by atoms with Crippen molar-refractivity contribution in [3.8, 4) is 23.0 Å². The average Bonchev–Trinajstić information content (AvgIpc) is 2.78. The summed E-state index contributed by atoms with van der Waals surface area (Å²) in [7, 11) is -2.82. The molecule has 0 spiro atoms. The van der Waals surface area contributed by atoms with Gasteiger partial charge in [0.05, 0.1) is 14.2 Å². The Hall–Kier alpha value is -3.66. The molecule has 4 aromatic rings. The van der Waals surface area contributed by atoms with Gasteiger partial charge in [-0.2, -0.15) is 21.6 Å². The van der Waals surface area contributed by atoms with Crippen molar-refractivity contribution in [1.29, 1.82) is 0 Å². The van der Waals surface area contributed by atoms with E-state index in [1.54, 1.807) is 37.4 Å². The predicted molar refractivity (Wildman–Crippen MR) is 118 cm³/mol. The number of phenolic OH excluding ortho intramolecular Hbond substituents is 1. The molecule has 0 unspecified atom stereocenters. The average molecular weight is 480 g/mol. The third-order valence-electron chi connectivity index (χ3n) is 4.57. The summed E-state index contributed by atoms with van der Waals surface area (Å²) in [5, 5.41) is 12.2. The molecule has 4 rings (SSSR count). The van der Waals surface area contributed by atoms with Crippen molar-refractivity contribution in [3.63, 3.8) is 0 Å². The number of hydrogen-bond acceptors (Lipinski definition) is 6. The van der Waals surface area contributed by atoms with Gasteiger partial charge < -0.3 is 18.8 Å². The second-order valence-corrected chi connectivity index (χ2v) is 8.24. The highest BCUT2D eigenvalue weighted by atomic mass is 32.2. The highest BCUT2D eigenvalue weighted by Crippen LogP contribution is 2.35. The van der Waals surface area contributed by atoms with Crippen LogP contribution < -0.4 is 13.7 Å². The minimum absolute atomic E-state index is 0.191. The maximum Gasteiger partial charge on any atom is 0.534 e. The first-order valence-corrected chi connectivity index (χ1v) is 10.8. The molecule has 0 fully saturated rings. The van der Waals surface area contributed by atoms with E-state index in [4.69, 9.17) is 9.47 Å². The van der Waals surface area contributed by atoms with Crippen LogP contribution in [0.4, 0.5) is 13.2 Å². The van der Waals surface area contributed by atoms with Crippen LogP contribution in [0.25, 0.3) is 21.5 Å². The van der Waals surface area contributed by atoms with Gasteiger partial charge in [-0.1, -0.05) is 48.5 Å². The summed E-state index contributed by atoms with van der Waals surface area (Å²) in [5.41, 5.74) is -5.49. The van der Waals surface area contributed by atoms with Gasteiger partial charge in [-0.05, 0) is 22.9 Å². The molecule has 33 heavy (non-hydrogen) atoms. The smallest absolute Gasteiger partial charge is 0.507 e. The number of methoxy groups -OCH3 is 2. The molecule has 0 aliphatic carbocycles. The number of fused-ring (bicyclic) bond motifs is 2. The molecule has 0 amide bonds. The largest absolute Gasteiger partial charge is 0.534 e. The van der Waals surface area contributed by atoms with Crippen molar-refractivity contribution in [2.45, 2.75) is 5.51 Å². The number of ether oxygens (including phenoxy) is 2. The molecule has 4 aromatic carbocycles. The first kappa shape index (κ1) is 24.0. The van der Waals surface area contributed by atoms with Gasteiger partial charge in [0.1, 0.15) is 17.2 Å². The summed E-state index contributed by atoms with van der Waals surface area (Å²) < 4.78 is 73.4. The summed E-state index contributed by atoms with van der Waals surface area (Å²) in [6.45, 7) is 0. The summed E-state index contributed by atoms with van der Waals surface area (Å²) in [5.74, 6) is 0.694. The highest BCUT2D eigenvalue weighted by Gasteiger charge is 2.48. The van der Waals surface area contributed by atoms with Gasteiger partial charge in [-0.25, -0.2) is 0 Å². The lowest BCUT2D eigenvalue weighted by Gasteiger charge is -2.12. The molecule has 0 bridgehead atoms. The second-order valence-electron chi connectivity index (χ2n) is 6.70. The van der Waals surface area contributed by atoms with Crippen LogP contribution in [0, 0.1) is 0 Å². The third-order valence-corrected chi connectivity index (χ3v) is 5.53. The zero-order valence-electron chi connectivity index (χ0n) is 17.5. The van der Waals surface area contributed by atoms with Gasteiger partial charge in [-0.15, -0.1) is 0 Å². The van der Waals surface area contributed by atoms with E-state index in [-0.39, 0.29) is 16.9 Å². The molecule has 0 radical (unpaired) electrons. The zero-order valence-corrected chi connectivity index (χ0v) is 18.3. The van der Waals surface area contributed by atoms with Crippen LogP contribution in [-0.2, 0) is 10.1 Å². The van der Waals surface area contributed by atoms with Crippen molar-refractivity contribution < 1.29 is 40.4 Å². The number of phenols is 1. The number of aromatic hydroxyl groups is 1. The van der Waals surface area contributed by atoms with Gasteiger partial charge in [0.25, 0.3) is 0 Å². The van der Waals surface area contributed by atoms with Crippen LogP contribution in [0.1, 0.15) is 0 Å². The Morgan fingerprint density at radius 3 is 1.79 bits per heavy atom. The number of benzene rings is 4. The topological polar surface area (TPSA) is 82.1 Å². The van der Waals surface area contributed by atoms with Crippen molar-refractivity contribution in [2.75, 3.05) is 14.2 Å². The number of rotatable bonds is 4. The van der Waals surface area contributed by atoms with Gasteiger partial charge >= 0.3 is 15.6 Å². The number of hydrogen-bond donors (Lipinski definition) is 1. The lowest BCUT2D eigenvalue weighted by molar-refractivity contribution is -0.0499. The Kier molecular flexibility index (Phi) is 6.87. The van der Waals surface area contributed by atoms with E-state index in [0.29, 0.717) is 11.1 Å². The van der Waals surface area contributed by atoms with Crippen LogP contribution in [0.3, 0.4) is 0 Å². The van der Waals surface area contributed by atoms with E-state index in [1.165, 1.54) is 13.2 Å². The molecular weight excluding hydrogens is 461 g/mol. The van der Waals surface area contributed by atoms with Crippen molar-refractivity contribution >= 4 is 31.7 Å². The molecule has 0 saturated heterocycles. The molecular formula is C23H19F3O6S. The molecule has 0 heterocycles. The van der Waals surface area contributed by atoms with Crippen molar-refractivity contribution in [2.24, 2.45) is 0 Å². The summed E-state index contributed by atoms with van der Waals surface area (Å²) >= 11 is 0. The molecule has 0 aliphatic rings. The summed E-state index contributed by atoms with van der Waals surface area (Å²) in [6.07, 6.45) is 0. The summed E-state index contributed by atoms with van der Waals surface area (Å²) in [6, 6.07) is 20.1. The molecule has 0 aromatic heterocycles. The highest BCUT2D eigenvalue weighted by molar-refractivity contribution is 7.88. The fourth-order valence-electron chi connectivity index (χ4n) is 2.98. The van der Waals surface area contributed by atoms with Gasteiger partial charge in [0.2, 0.25) is 0 Å². The van der Waals surface area contributed by atoms with E-state index in [2.05, 4.69) is 4.18 Å². The van der Waals surface area contributed by atoms with Crippen molar-refractivity contribution in [3.05, 3.63) is 72.8 Å². The van der Waals surface area contributed by atoms with Crippen LogP contribution >= 0.6 is 0 Å². The minimum Gasteiger partial charge on any atom is -0.507 e. The molecule has 0 atom stereocenters. The van der Waals surface area contributed by atoms with Gasteiger partial charge in [0, 0.05) is 22.9 Å². The van der Waals surface area contributed by atoms with Crippen molar-refractivity contribution in [1.82, 2.24) is 0 Å². The normalized spacial score (nSPS) is 11.5. The Balaban J connectivity index is 0.000000203. The lowest BCUT2D eigenvalue weighted by Crippen LogP contribution is -2.28. The SMILES string of the molecule is COc1cc(O)c2ccccc2c1.COc1cc(OS(=O)(=O)C(F)(F)F)c2ccccc2c1. The van der Waals surface area contributed by atoms with Crippen LogP contribution in [0.5, 0.6) is 23.0 Å².